The molecule has 128 valence electrons. The lowest BCUT2D eigenvalue weighted by Gasteiger charge is -2.42. The smallest absolute Gasteiger partial charge is 0.0664 e. The van der Waals surface area contributed by atoms with E-state index in [9.17, 15) is 0 Å². The average Bonchev–Trinajstić information content (AvgIpc) is 2.38. The third-order valence-corrected chi connectivity index (χ3v) is 5.06. The maximum Gasteiger partial charge on any atom is 0.0664 e. The minimum absolute atomic E-state index is 0.0337. The van der Waals surface area contributed by atoms with Crippen LogP contribution in [-0.2, 0) is 4.74 Å². The molecule has 0 heterocycles. The second kappa shape index (κ2) is 9.87. The topological polar surface area (TPSA) is 9.23 Å². The van der Waals surface area contributed by atoms with E-state index in [1.807, 2.05) is 0 Å². The lowest BCUT2D eigenvalue weighted by molar-refractivity contribution is -0.162. The predicted octanol–water partition coefficient (Wildman–Crippen LogP) is 6.99. The third-order valence-electron chi connectivity index (χ3n) is 5.06. The molecule has 0 aliphatic rings. The van der Waals surface area contributed by atoms with Gasteiger partial charge in [-0.1, -0.05) is 67.2 Å². The molecule has 0 radical (unpaired) electrons. The molecule has 0 aromatic heterocycles. The van der Waals surface area contributed by atoms with Crippen LogP contribution in [0.4, 0.5) is 0 Å². The van der Waals surface area contributed by atoms with Crippen molar-refractivity contribution < 1.29 is 4.74 Å². The van der Waals surface area contributed by atoms with Crippen molar-refractivity contribution in [2.75, 3.05) is 0 Å². The van der Waals surface area contributed by atoms with E-state index in [1.165, 1.54) is 44.9 Å². The summed E-state index contributed by atoms with van der Waals surface area (Å²) in [7, 11) is 0. The second-order valence-electron chi connectivity index (χ2n) is 7.92. The Balaban J connectivity index is 4.89. The molecule has 21 heavy (non-hydrogen) atoms. The highest BCUT2D eigenvalue weighted by atomic mass is 16.5. The van der Waals surface area contributed by atoms with Crippen molar-refractivity contribution >= 4 is 0 Å². The van der Waals surface area contributed by atoms with Crippen molar-refractivity contribution in [3.8, 4) is 0 Å². The third kappa shape index (κ3) is 8.24. The van der Waals surface area contributed by atoms with E-state index in [4.69, 9.17) is 4.74 Å². The molecule has 0 saturated heterocycles. The number of hydrogen-bond acceptors (Lipinski definition) is 1. The van der Waals surface area contributed by atoms with Crippen LogP contribution in [0.1, 0.15) is 107 Å². The van der Waals surface area contributed by atoms with E-state index in [1.54, 1.807) is 0 Å². The predicted molar refractivity (Wildman–Crippen MR) is 95.9 cm³/mol. The number of rotatable bonds is 12. The zero-order valence-electron chi connectivity index (χ0n) is 16.2. The summed E-state index contributed by atoms with van der Waals surface area (Å²) in [6.45, 7) is 18.6. The van der Waals surface area contributed by atoms with Crippen LogP contribution in [0.15, 0.2) is 0 Å². The normalized spacial score (nSPS) is 20.6. The summed E-state index contributed by atoms with van der Waals surface area (Å²) in [5.41, 5.74) is 0.0762. The summed E-state index contributed by atoms with van der Waals surface area (Å²) < 4.78 is 6.80. The maximum absolute atomic E-state index is 6.80. The van der Waals surface area contributed by atoms with Gasteiger partial charge >= 0.3 is 0 Å². The van der Waals surface area contributed by atoms with Crippen LogP contribution in [-0.4, -0.2) is 11.2 Å². The van der Waals surface area contributed by atoms with Crippen molar-refractivity contribution in [2.45, 2.75) is 118 Å². The van der Waals surface area contributed by atoms with Gasteiger partial charge in [-0.3, -0.25) is 0 Å². The molecule has 0 aliphatic carbocycles. The van der Waals surface area contributed by atoms with Crippen LogP contribution < -0.4 is 0 Å². The molecule has 0 spiro atoms. The Morgan fingerprint density at radius 2 is 1.38 bits per heavy atom. The molecular weight excluding hydrogens is 256 g/mol. The van der Waals surface area contributed by atoms with E-state index >= 15 is 0 Å². The summed E-state index contributed by atoms with van der Waals surface area (Å²) >= 11 is 0. The van der Waals surface area contributed by atoms with Crippen molar-refractivity contribution in [1.29, 1.82) is 0 Å². The van der Waals surface area contributed by atoms with E-state index < -0.39 is 0 Å². The van der Waals surface area contributed by atoms with E-state index in [0.29, 0.717) is 0 Å². The Bertz CT molecular complexity index is 263. The van der Waals surface area contributed by atoms with Gasteiger partial charge < -0.3 is 4.74 Å². The fraction of sp³-hybridized carbons (Fsp3) is 1.00. The largest absolute Gasteiger partial charge is 0.369 e. The van der Waals surface area contributed by atoms with E-state index in [0.717, 1.165) is 18.3 Å². The molecule has 0 bridgehead atoms. The molecule has 1 nitrogen and oxygen atoms in total. The summed E-state index contributed by atoms with van der Waals surface area (Å²) in [4.78, 5) is 0. The van der Waals surface area contributed by atoms with Gasteiger partial charge in [0.2, 0.25) is 0 Å². The molecule has 4 atom stereocenters. The van der Waals surface area contributed by atoms with E-state index in [-0.39, 0.29) is 11.2 Å². The summed E-state index contributed by atoms with van der Waals surface area (Å²) in [6, 6.07) is 0. The first-order valence-corrected chi connectivity index (χ1v) is 9.44. The fourth-order valence-electron chi connectivity index (χ4n) is 3.79. The van der Waals surface area contributed by atoms with Crippen LogP contribution >= 0.6 is 0 Å². The van der Waals surface area contributed by atoms with Crippen LogP contribution in [0.5, 0.6) is 0 Å². The highest BCUT2D eigenvalue weighted by Crippen LogP contribution is 2.37. The summed E-state index contributed by atoms with van der Waals surface area (Å²) in [5.74, 6) is 1.50. The van der Waals surface area contributed by atoms with Gasteiger partial charge in [0.1, 0.15) is 0 Å². The standard InChI is InChI=1S/C20H42O/c1-9-13-18(6)16-19(7,12-4)21-20(8,14-10-2)15-17(5)11-3/h17-18H,9-16H2,1-8H3. The van der Waals surface area contributed by atoms with Crippen molar-refractivity contribution in [2.24, 2.45) is 11.8 Å². The van der Waals surface area contributed by atoms with Crippen LogP contribution in [0.2, 0.25) is 0 Å². The molecule has 0 amide bonds. The fourth-order valence-corrected chi connectivity index (χ4v) is 3.79. The second-order valence-corrected chi connectivity index (χ2v) is 7.92. The first-order chi connectivity index (χ1) is 9.74. The summed E-state index contributed by atoms with van der Waals surface area (Å²) in [6.07, 6.45) is 9.71. The van der Waals surface area contributed by atoms with Gasteiger partial charge in [-0.25, -0.2) is 0 Å². The zero-order chi connectivity index (χ0) is 16.5. The highest BCUT2D eigenvalue weighted by molar-refractivity contribution is 4.85. The maximum atomic E-state index is 6.80. The monoisotopic (exact) mass is 298 g/mol. The molecule has 0 aliphatic heterocycles. The van der Waals surface area contributed by atoms with Gasteiger partial charge in [-0.15, -0.1) is 0 Å². The Labute approximate surface area is 135 Å². The molecule has 0 aromatic carbocycles. The number of hydrogen-bond donors (Lipinski definition) is 0. The highest BCUT2D eigenvalue weighted by Gasteiger charge is 2.35. The van der Waals surface area contributed by atoms with Gasteiger partial charge in [0, 0.05) is 0 Å². The minimum atomic E-state index is 0.0337. The summed E-state index contributed by atoms with van der Waals surface area (Å²) in [5, 5.41) is 0. The SMILES string of the molecule is CCCC(C)CC(C)(CC)OC(C)(CCC)CC(C)CC. The molecule has 0 saturated carbocycles. The van der Waals surface area contributed by atoms with Gasteiger partial charge in [-0.2, -0.15) is 0 Å². The molecule has 1 heteroatoms. The first-order valence-electron chi connectivity index (χ1n) is 9.44. The van der Waals surface area contributed by atoms with Crippen LogP contribution in [0, 0.1) is 11.8 Å². The first kappa shape index (κ1) is 21.0. The Kier molecular flexibility index (Phi) is 9.85. The van der Waals surface area contributed by atoms with E-state index in [2.05, 4.69) is 55.4 Å². The molecular formula is C20H42O. The Morgan fingerprint density at radius 1 is 0.810 bits per heavy atom. The van der Waals surface area contributed by atoms with Crippen molar-refractivity contribution in [3.05, 3.63) is 0 Å². The number of ether oxygens (including phenoxy) is 1. The van der Waals surface area contributed by atoms with Gasteiger partial charge in [-0.05, 0) is 51.4 Å². The van der Waals surface area contributed by atoms with Crippen molar-refractivity contribution in [1.82, 2.24) is 0 Å². The molecule has 0 N–H and O–H groups in total. The Hall–Kier alpha value is -0.0400. The Morgan fingerprint density at radius 3 is 1.81 bits per heavy atom. The molecule has 4 unspecified atom stereocenters. The van der Waals surface area contributed by atoms with Gasteiger partial charge in [0.25, 0.3) is 0 Å². The quantitative estimate of drug-likeness (QED) is 0.377. The van der Waals surface area contributed by atoms with Crippen molar-refractivity contribution in [3.63, 3.8) is 0 Å². The van der Waals surface area contributed by atoms with Gasteiger partial charge in [0.05, 0.1) is 11.2 Å². The lowest BCUT2D eigenvalue weighted by Crippen LogP contribution is -2.42. The lowest BCUT2D eigenvalue weighted by atomic mass is 9.84. The molecule has 0 fully saturated rings. The molecule has 0 rings (SSSR count). The zero-order valence-corrected chi connectivity index (χ0v) is 16.2. The minimum Gasteiger partial charge on any atom is -0.369 e. The van der Waals surface area contributed by atoms with Crippen LogP contribution in [0.3, 0.4) is 0 Å². The van der Waals surface area contributed by atoms with Gasteiger partial charge in [0.15, 0.2) is 0 Å². The van der Waals surface area contributed by atoms with Crippen LogP contribution in [0.25, 0.3) is 0 Å². The average molecular weight is 299 g/mol. The molecule has 0 aromatic rings.